The van der Waals surface area contributed by atoms with Crippen molar-refractivity contribution in [2.75, 3.05) is 5.32 Å². The zero-order valence-corrected chi connectivity index (χ0v) is 29.7. The molecule has 0 heterocycles. The normalized spacial score (nSPS) is 13.4. The quantitative estimate of drug-likeness (QED) is 0.185. The zero-order chi connectivity index (χ0) is 35.1. The summed E-state index contributed by atoms with van der Waals surface area (Å²) in [4.78, 5) is 44.5. The number of phenols is 1. The Balaban J connectivity index is 2.20. The Morgan fingerprint density at radius 3 is 2.02 bits per heavy atom. The Labute approximate surface area is 280 Å². The maximum Gasteiger partial charge on any atom is 0.408 e. The number of aromatic hydroxyl groups is 1. The number of benzene rings is 3. The summed E-state index contributed by atoms with van der Waals surface area (Å²) in [6.45, 7) is 19.4. The molecule has 0 aliphatic rings. The lowest BCUT2D eigenvalue weighted by atomic mass is 9.93. The first-order chi connectivity index (χ1) is 22.0. The van der Waals surface area contributed by atoms with E-state index < -0.39 is 29.7 Å². The molecule has 0 fully saturated rings. The SMILES string of the molecule is Cc1ccc(C(C(=O)Nc2c(C)cccc2C)N(C(=O)C(Cc2ccc(O)cc2)NC(=O)OC(C)(C)C)C(C)CCC(C)C)c(C)c1. The first kappa shape index (κ1) is 37.1. The average Bonchev–Trinajstić information content (AvgIpc) is 2.96. The van der Waals surface area contributed by atoms with Crippen molar-refractivity contribution in [3.05, 3.63) is 94.0 Å². The van der Waals surface area contributed by atoms with Gasteiger partial charge in [-0.1, -0.05) is 67.9 Å². The number of rotatable bonds is 12. The molecule has 0 saturated carbocycles. The number of amides is 3. The van der Waals surface area contributed by atoms with E-state index in [4.69, 9.17) is 4.74 Å². The Morgan fingerprint density at radius 1 is 0.851 bits per heavy atom. The molecule has 0 spiro atoms. The van der Waals surface area contributed by atoms with Gasteiger partial charge in [-0.05, 0) is 114 Å². The minimum Gasteiger partial charge on any atom is -0.508 e. The number of alkyl carbamates (subject to hydrolysis) is 1. The summed E-state index contributed by atoms with van der Waals surface area (Å²) in [7, 11) is 0. The van der Waals surface area contributed by atoms with E-state index >= 15 is 4.79 Å². The fourth-order valence-corrected chi connectivity index (χ4v) is 5.76. The van der Waals surface area contributed by atoms with Crippen LogP contribution in [0.2, 0.25) is 0 Å². The Kier molecular flexibility index (Phi) is 12.6. The van der Waals surface area contributed by atoms with Crippen LogP contribution in [0.5, 0.6) is 5.75 Å². The smallest absolute Gasteiger partial charge is 0.408 e. The molecule has 8 nitrogen and oxygen atoms in total. The molecule has 3 aromatic rings. The van der Waals surface area contributed by atoms with Gasteiger partial charge in [-0.3, -0.25) is 9.59 Å². The van der Waals surface area contributed by atoms with Crippen LogP contribution in [0.3, 0.4) is 0 Å². The number of hydrogen-bond acceptors (Lipinski definition) is 5. The number of para-hydroxylation sites is 1. The Hall–Kier alpha value is -4.33. The molecule has 3 N–H and O–H groups in total. The van der Waals surface area contributed by atoms with E-state index in [-0.39, 0.29) is 24.1 Å². The summed E-state index contributed by atoms with van der Waals surface area (Å²) in [6, 6.07) is 15.8. The predicted molar refractivity (Wildman–Crippen MR) is 189 cm³/mol. The molecule has 3 aromatic carbocycles. The van der Waals surface area contributed by atoms with Gasteiger partial charge >= 0.3 is 6.09 Å². The number of phenolic OH excluding ortho intramolecular Hbond substituents is 1. The molecule has 0 saturated heterocycles. The van der Waals surface area contributed by atoms with Gasteiger partial charge in [0.05, 0.1) is 0 Å². The highest BCUT2D eigenvalue weighted by Crippen LogP contribution is 2.32. The van der Waals surface area contributed by atoms with Crippen LogP contribution in [0.25, 0.3) is 0 Å². The van der Waals surface area contributed by atoms with Crippen LogP contribution in [0.4, 0.5) is 10.5 Å². The number of ether oxygens (including phenoxy) is 1. The van der Waals surface area contributed by atoms with E-state index in [1.165, 1.54) is 0 Å². The second-order valence-corrected chi connectivity index (χ2v) is 14.2. The van der Waals surface area contributed by atoms with Crippen molar-refractivity contribution in [1.82, 2.24) is 10.2 Å². The molecule has 254 valence electrons. The van der Waals surface area contributed by atoms with Crippen molar-refractivity contribution in [3.63, 3.8) is 0 Å². The van der Waals surface area contributed by atoms with Crippen molar-refractivity contribution in [2.24, 2.45) is 5.92 Å². The highest BCUT2D eigenvalue weighted by atomic mass is 16.6. The molecule has 3 unspecified atom stereocenters. The van der Waals surface area contributed by atoms with Crippen molar-refractivity contribution < 1.29 is 24.2 Å². The van der Waals surface area contributed by atoms with Crippen LogP contribution in [0.15, 0.2) is 60.7 Å². The monoisotopic (exact) mass is 643 g/mol. The fourth-order valence-electron chi connectivity index (χ4n) is 5.76. The summed E-state index contributed by atoms with van der Waals surface area (Å²) >= 11 is 0. The topological polar surface area (TPSA) is 108 Å². The highest BCUT2D eigenvalue weighted by Gasteiger charge is 2.40. The van der Waals surface area contributed by atoms with Gasteiger partial charge in [-0.25, -0.2) is 4.79 Å². The average molecular weight is 644 g/mol. The number of carbonyl (C=O) groups is 3. The van der Waals surface area contributed by atoms with Crippen LogP contribution in [-0.2, 0) is 20.7 Å². The van der Waals surface area contributed by atoms with Gasteiger partial charge in [0.25, 0.3) is 5.91 Å². The lowest BCUT2D eigenvalue weighted by Gasteiger charge is -2.39. The standard InChI is InChI=1S/C39H53N3O5/c1-24(2)14-16-29(7)42(37(45)33(40-38(46)47-39(8,9)10)23-30-17-19-31(43)20-18-30)35(32-21-15-25(3)22-28(32)6)36(44)41-34-26(4)12-11-13-27(34)5/h11-13,15,17-22,24,29,33,35,43H,14,16,23H2,1-10H3,(H,40,46)(H,41,44). The molecule has 0 radical (unpaired) electrons. The molecule has 3 rings (SSSR count). The summed E-state index contributed by atoms with van der Waals surface area (Å²) in [5, 5.41) is 15.9. The van der Waals surface area contributed by atoms with Gasteiger partial charge in [-0.2, -0.15) is 0 Å². The molecule has 0 bridgehead atoms. The van der Waals surface area contributed by atoms with E-state index in [0.29, 0.717) is 23.6 Å². The third-order valence-electron chi connectivity index (χ3n) is 8.23. The van der Waals surface area contributed by atoms with E-state index in [0.717, 1.165) is 34.2 Å². The molecule has 0 aliphatic carbocycles. The summed E-state index contributed by atoms with van der Waals surface area (Å²) in [6.07, 6.45) is 0.891. The molecule has 0 aromatic heterocycles. The molecule has 8 heteroatoms. The maximum absolute atomic E-state index is 15.0. The molecule has 3 amide bonds. The third kappa shape index (κ3) is 10.6. The minimum absolute atomic E-state index is 0.0961. The number of nitrogens with zero attached hydrogens (tertiary/aromatic N) is 1. The summed E-state index contributed by atoms with van der Waals surface area (Å²) in [5.74, 6) is -0.259. The molecular formula is C39H53N3O5. The second kappa shape index (κ2) is 16.0. The van der Waals surface area contributed by atoms with E-state index in [1.54, 1.807) is 49.9 Å². The lowest BCUT2D eigenvalue weighted by molar-refractivity contribution is -0.143. The van der Waals surface area contributed by atoms with Crippen LogP contribution in [0, 0.1) is 33.6 Å². The molecule has 0 aliphatic heterocycles. The minimum atomic E-state index is -1.06. The number of carbonyl (C=O) groups excluding carboxylic acids is 3. The lowest BCUT2D eigenvalue weighted by Crippen LogP contribution is -2.55. The van der Waals surface area contributed by atoms with E-state index in [9.17, 15) is 14.7 Å². The van der Waals surface area contributed by atoms with Crippen LogP contribution < -0.4 is 10.6 Å². The summed E-state index contributed by atoms with van der Waals surface area (Å²) in [5.41, 5.74) is 5.13. The van der Waals surface area contributed by atoms with Crippen LogP contribution in [-0.4, -0.2) is 45.6 Å². The third-order valence-corrected chi connectivity index (χ3v) is 8.23. The van der Waals surface area contributed by atoms with Gasteiger partial charge in [-0.15, -0.1) is 0 Å². The van der Waals surface area contributed by atoms with Crippen molar-refractivity contribution in [1.29, 1.82) is 0 Å². The van der Waals surface area contributed by atoms with Crippen molar-refractivity contribution >= 4 is 23.6 Å². The van der Waals surface area contributed by atoms with E-state index in [2.05, 4.69) is 24.5 Å². The molecule has 3 atom stereocenters. The van der Waals surface area contributed by atoms with Crippen LogP contribution >= 0.6 is 0 Å². The number of aryl methyl sites for hydroxylation is 4. The van der Waals surface area contributed by atoms with Crippen molar-refractivity contribution in [2.45, 2.75) is 112 Å². The van der Waals surface area contributed by atoms with Crippen LogP contribution in [0.1, 0.15) is 93.8 Å². The first-order valence-corrected chi connectivity index (χ1v) is 16.5. The fraction of sp³-hybridized carbons (Fsp3) is 0.462. The number of nitrogens with one attached hydrogen (secondary N) is 2. The van der Waals surface area contributed by atoms with E-state index in [1.807, 2.05) is 71.0 Å². The maximum atomic E-state index is 15.0. The second-order valence-electron chi connectivity index (χ2n) is 14.2. The highest BCUT2D eigenvalue weighted by molar-refractivity contribution is 6.00. The Morgan fingerprint density at radius 2 is 1.47 bits per heavy atom. The van der Waals surface area contributed by atoms with Crippen molar-refractivity contribution in [3.8, 4) is 5.75 Å². The largest absolute Gasteiger partial charge is 0.508 e. The van der Waals surface area contributed by atoms with Gasteiger partial charge in [0.15, 0.2) is 0 Å². The zero-order valence-electron chi connectivity index (χ0n) is 29.7. The Bertz CT molecular complexity index is 1520. The number of anilines is 1. The molecular weight excluding hydrogens is 590 g/mol. The summed E-state index contributed by atoms with van der Waals surface area (Å²) < 4.78 is 5.58. The van der Waals surface area contributed by atoms with Gasteiger partial charge in [0.2, 0.25) is 5.91 Å². The van der Waals surface area contributed by atoms with Gasteiger partial charge < -0.3 is 25.4 Å². The predicted octanol–water partition coefficient (Wildman–Crippen LogP) is 8.09. The van der Waals surface area contributed by atoms with Gasteiger partial charge in [0, 0.05) is 18.2 Å². The first-order valence-electron chi connectivity index (χ1n) is 16.5. The molecule has 47 heavy (non-hydrogen) atoms. The number of hydrogen-bond donors (Lipinski definition) is 3. The van der Waals surface area contributed by atoms with Gasteiger partial charge in [0.1, 0.15) is 23.4 Å².